The number of nitrogens with one attached hydrogen (secondary N) is 1. The van der Waals surface area contributed by atoms with Crippen LogP contribution in [-0.2, 0) is 6.54 Å². The smallest absolute Gasteiger partial charge is 0.141 e. The lowest BCUT2D eigenvalue weighted by molar-refractivity contribution is 0.636. The fraction of sp³-hybridized carbons (Fsp3) is 0.357. The fourth-order valence-corrected chi connectivity index (χ4v) is 2.31. The molecule has 0 saturated heterocycles. The van der Waals surface area contributed by atoms with Gasteiger partial charge in [0.25, 0.3) is 0 Å². The van der Waals surface area contributed by atoms with Gasteiger partial charge < -0.3 is 9.88 Å². The van der Waals surface area contributed by atoms with E-state index in [0.29, 0.717) is 0 Å². The number of nitrogens with zero attached hydrogens (tertiary/aromatic N) is 2. The first-order valence-electron chi connectivity index (χ1n) is 6.13. The van der Waals surface area contributed by atoms with E-state index in [9.17, 15) is 0 Å². The highest BCUT2D eigenvalue weighted by atomic mass is 15.2. The largest absolute Gasteiger partial charge is 0.370 e. The molecule has 1 aromatic heterocycles. The van der Waals surface area contributed by atoms with Crippen molar-refractivity contribution in [3.8, 4) is 11.4 Å². The lowest BCUT2D eigenvalue weighted by Crippen LogP contribution is -2.17. The summed E-state index contributed by atoms with van der Waals surface area (Å²) >= 11 is 0. The van der Waals surface area contributed by atoms with Gasteiger partial charge in [0.2, 0.25) is 0 Å². The van der Waals surface area contributed by atoms with Crippen molar-refractivity contribution in [1.29, 1.82) is 0 Å². The number of aryl methyl sites for hydroxylation is 2. The van der Waals surface area contributed by atoms with Crippen molar-refractivity contribution in [2.75, 3.05) is 11.9 Å². The molecule has 3 heteroatoms. The number of fused-ring (bicyclic) bond motifs is 1. The molecule has 3 rings (SSSR count). The number of anilines is 1. The highest BCUT2D eigenvalue weighted by molar-refractivity contribution is 5.61. The van der Waals surface area contributed by atoms with Crippen LogP contribution in [0.1, 0.15) is 17.5 Å². The molecule has 0 amide bonds. The Morgan fingerprint density at radius 2 is 2.12 bits per heavy atom. The Hall–Kier alpha value is -1.77. The Balaban J connectivity index is 2.09. The second kappa shape index (κ2) is 3.91. The van der Waals surface area contributed by atoms with Crippen molar-refractivity contribution < 1.29 is 0 Å². The molecular formula is C14H17N3. The summed E-state index contributed by atoms with van der Waals surface area (Å²) < 4.78 is 2.27. The lowest BCUT2D eigenvalue weighted by Gasteiger charge is -2.18. The van der Waals surface area contributed by atoms with E-state index in [1.54, 1.807) is 0 Å². The first-order chi connectivity index (χ1) is 8.25. The van der Waals surface area contributed by atoms with Crippen LogP contribution in [-0.4, -0.2) is 16.1 Å². The summed E-state index contributed by atoms with van der Waals surface area (Å²) in [6.07, 6.45) is 3.10. The van der Waals surface area contributed by atoms with Crippen molar-refractivity contribution in [1.82, 2.24) is 9.55 Å². The Labute approximate surface area is 101 Å². The zero-order chi connectivity index (χ0) is 11.8. The van der Waals surface area contributed by atoms with Crippen LogP contribution in [0.2, 0.25) is 0 Å². The topological polar surface area (TPSA) is 29.9 Å². The number of benzene rings is 1. The average molecular weight is 227 g/mol. The average Bonchev–Trinajstić information content (AvgIpc) is 2.76. The van der Waals surface area contributed by atoms with Gasteiger partial charge >= 0.3 is 0 Å². The van der Waals surface area contributed by atoms with E-state index >= 15 is 0 Å². The Morgan fingerprint density at radius 3 is 2.94 bits per heavy atom. The number of rotatable bonds is 1. The molecule has 3 nitrogen and oxygen atoms in total. The molecule has 88 valence electrons. The summed E-state index contributed by atoms with van der Waals surface area (Å²) in [6.45, 7) is 6.40. The molecule has 1 aliphatic heterocycles. The summed E-state index contributed by atoms with van der Waals surface area (Å²) in [5, 5.41) is 3.38. The van der Waals surface area contributed by atoms with Crippen LogP contribution in [0, 0.1) is 13.8 Å². The predicted octanol–water partition coefficient (Wildman–Crippen LogP) is 2.98. The molecule has 0 bridgehead atoms. The monoisotopic (exact) mass is 227 g/mol. The van der Waals surface area contributed by atoms with Crippen molar-refractivity contribution in [2.24, 2.45) is 0 Å². The van der Waals surface area contributed by atoms with Gasteiger partial charge in [-0.25, -0.2) is 4.98 Å². The molecule has 1 aliphatic rings. The van der Waals surface area contributed by atoms with E-state index in [1.807, 2.05) is 6.20 Å². The third-order valence-electron chi connectivity index (χ3n) is 3.49. The van der Waals surface area contributed by atoms with Crippen molar-refractivity contribution in [3.63, 3.8) is 0 Å². The molecule has 1 N–H and O–H groups in total. The van der Waals surface area contributed by atoms with E-state index < -0.39 is 0 Å². The van der Waals surface area contributed by atoms with Gasteiger partial charge in [-0.15, -0.1) is 0 Å². The molecule has 2 aromatic rings. The van der Waals surface area contributed by atoms with E-state index in [2.05, 4.69) is 46.9 Å². The molecule has 0 fully saturated rings. The SMILES string of the molecule is Cc1ccc(-c2ncc3n2CCCN3)cc1C. The zero-order valence-electron chi connectivity index (χ0n) is 10.3. The lowest BCUT2D eigenvalue weighted by atomic mass is 10.1. The summed E-state index contributed by atoms with van der Waals surface area (Å²) in [5.41, 5.74) is 3.86. The van der Waals surface area contributed by atoms with E-state index in [0.717, 1.165) is 24.7 Å². The minimum atomic E-state index is 1.05. The van der Waals surface area contributed by atoms with E-state index in [1.165, 1.54) is 23.1 Å². The van der Waals surface area contributed by atoms with Gasteiger partial charge in [0.05, 0.1) is 6.20 Å². The van der Waals surface area contributed by atoms with Gasteiger partial charge in [-0.05, 0) is 37.5 Å². The van der Waals surface area contributed by atoms with Crippen LogP contribution < -0.4 is 5.32 Å². The van der Waals surface area contributed by atoms with E-state index in [-0.39, 0.29) is 0 Å². The van der Waals surface area contributed by atoms with Crippen LogP contribution >= 0.6 is 0 Å². The van der Waals surface area contributed by atoms with Gasteiger partial charge in [-0.3, -0.25) is 0 Å². The first-order valence-corrected chi connectivity index (χ1v) is 6.13. The summed E-state index contributed by atoms with van der Waals surface area (Å²) in [4.78, 5) is 4.54. The number of aromatic nitrogens is 2. The zero-order valence-corrected chi connectivity index (χ0v) is 10.3. The Bertz CT molecular complexity index is 555. The van der Waals surface area contributed by atoms with Crippen molar-refractivity contribution in [3.05, 3.63) is 35.5 Å². The maximum atomic E-state index is 4.54. The van der Waals surface area contributed by atoms with Gasteiger partial charge in [0.1, 0.15) is 11.6 Å². The normalized spacial score (nSPS) is 14.2. The molecule has 1 aromatic carbocycles. The maximum Gasteiger partial charge on any atom is 0.141 e. The Morgan fingerprint density at radius 1 is 1.24 bits per heavy atom. The maximum absolute atomic E-state index is 4.54. The summed E-state index contributed by atoms with van der Waals surface area (Å²) in [5.74, 6) is 2.22. The van der Waals surface area contributed by atoms with Crippen LogP contribution in [0.3, 0.4) is 0 Å². The second-order valence-corrected chi connectivity index (χ2v) is 4.70. The van der Waals surface area contributed by atoms with Crippen molar-refractivity contribution >= 4 is 5.82 Å². The summed E-state index contributed by atoms with van der Waals surface area (Å²) in [7, 11) is 0. The predicted molar refractivity (Wildman–Crippen MR) is 70.2 cm³/mol. The van der Waals surface area contributed by atoms with Crippen molar-refractivity contribution in [2.45, 2.75) is 26.8 Å². The van der Waals surface area contributed by atoms with Crippen LogP contribution in [0.4, 0.5) is 5.82 Å². The number of hydrogen-bond donors (Lipinski definition) is 1. The molecule has 0 saturated carbocycles. The standard InChI is InChI=1S/C14H17N3/c1-10-4-5-12(8-11(10)2)14-16-9-13-15-6-3-7-17(13)14/h4-5,8-9,15H,3,6-7H2,1-2H3. The van der Waals surface area contributed by atoms with Crippen LogP contribution in [0.25, 0.3) is 11.4 Å². The van der Waals surface area contributed by atoms with Gasteiger partial charge in [-0.2, -0.15) is 0 Å². The van der Waals surface area contributed by atoms with Gasteiger partial charge in [0, 0.05) is 18.7 Å². The van der Waals surface area contributed by atoms with E-state index in [4.69, 9.17) is 0 Å². The number of imidazole rings is 1. The number of hydrogen-bond acceptors (Lipinski definition) is 2. The minimum absolute atomic E-state index is 1.05. The first kappa shape index (κ1) is 10.4. The molecule has 0 atom stereocenters. The van der Waals surface area contributed by atoms with Gasteiger partial charge in [0.15, 0.2) is 0 Å². The summed E-state index contributed by atoms with van der Waals surface area (Å²) in [6, 6.07) is 6.55. The highest BCUT2D eigenvalue weighted by Crippen LogP contribution is 2.26. The Kier molecular flexibility index (Phi) is 2.39. The quantitative estimate of drug-likeness (QED) is 0.811. The molecular weight excluding hydrogens is 210 g/mol. The molecule has 0 spiro atoms. The molecule has 0 unspecified atom stereocenters. The second-order valence-electron chi connectivity index (χ2n) is 4.70. The third-order valence-corrected chi connectivity index (χ3v) is 3.49. The molecule has 2 heterocycles. The highest BCUT2D eigenvalue weighted by Gasteiger charge is 2.14. The molecule has 0 radical (unpaired) electrons. The van der Waals surface area contributed by atoms with Crippen LogP contribution in [0.15, 0.2) is 24.4 Å². The minimum Gasteiger partial charge on any atom is -0.370 e. The molecule has 0 aliphatic carbocycles. The third kappa shape index (κ3) is 1.71. The fourth-order valence-electron chi connectivity index (χ4n) is 2.31. The van der Waals surface area contributed by atoms with Gasteiger partial charge in [-0.1, -0.05) is 12.1 Å². The molecule has 17 heavy (non-hydrogen) atoms. The van der Waals surface area contributed by atoms with Crippen LogP contribution in [0.5, 0.6) is 0 Å².